The molecule has 1 aromatic carbocycles. The zero-order valence-electron chi connectivity index (χ0n) is 11.6. The standard InChI is InChI=1S/C14H15N5O/c1-8-6-9(2)11(15)10(7-8)14-17-12(18-20-14)13-16-4-5-19(13)3/h4-7H,15H2,1-3H3. The van der Waals surface area contributed by atoms with E-state index in [0.717, 1.165) is 16.7 Å². The number of imidazole rings is 1. The molecule has 0 radical (unpaired) electrons. The predicted molar refractivity (Wildman–Crippen MR) is 75.8 cm³/mol. The second-order valence-electron chi connectivity index (χ2n) is 4.83. The summed E-state index contributed by atoms with van der Waals surface area (Å²) in [6.07, 6.45) is 3.52. The van der Waals surface area contributed by atoms with E-state index in [9.17, 15) is 0 Å². The minimum Gasteiger partial charge on any atom is -0.398 e. The summed E-state index contributed by atoms with van der Waals surface area (Å²) in [7, 11) is 1.88. The Morgan fingerprint density at radius 3 is 2.75 bits per heavy atom. The third-order valence-corrected chi connectivity index (χ3v) is 3.21. The zero-order valence-corrected chi connectivity index (χ0v) is 11.6. The number of nitrogen functional groups attached to an aromatic ring is 1. The van der Waals surface area contributed by atoms with Crippen LogP contribution in [-0.4, -0.2) is 19.7 Å². The summed E-state index contributed by atoms with van der Waals surface area (Å²) >= 11 is 0. The summed E-state index contributed by atoms with van der Waals surface area (Å²) in [6.45, 7) is 3.97. The normalized spacial score (nSPS) is 10.9. The first-order valence-electron chi connectivity index (χ1n) is 6.25. The molecule has 102 valence electrons. The molecule has 3 rings (SSSR count). The van der Waals surface area contributed by atoms with Crippen LogP contribution in [0, 0.1) is 13.8 Å². The maximum absolute atomic E-state index is 6.09. The molecule has 0 unspecified atom stereocenters. The van der Waals surface area contributed by atoms with E-state index in [2.05, 4.69) is 15.1 Å². The van der Waals surface area contributed by atoms with Crippen LogP contribution in [0.2, 0.25) is 0 Å². The van der Waals surface area contributed by atoms with Crippen LogP contribution < -0.4 is 5.73 Å². The number of hydrogen-bond donors (Lipinski definition) is 1. The van der Waals surface area contributed by atoms with Crippen molar-refractivity contribution in [2.45, 2.75) is 13.8 Å². The number of rotatable bonds is 2. The molecule has 0 atom stereocenters. The highest BCUT2D eigenvalue weighted by Crippen LogP contribution is 2.29. The number of nitrogens with zero attached hydrogens (tertiary/aromatic N) is 4. The van der Waals surface area contributed by atoms with Crippen molar-refractivity contribution in [2.24, 2.45) is 7.05 Å². The van der Waals surface area contributed by atoms with Crippen LogP contribution >= 0.6 is 0 Å². The van der Waals surface area contributed by atoms with E-state index in [1.807, 2.05) is 43.8 Å². The minimum absolute atomic E-state index is 0.410. The zero-order chi connectivity index (χ0) is 14.3. The maximum Gasteiger partial charge on any atom is 0.260 e. The Morgan fingerprint density at radius 1 is 1.25 bits per heavy atom. The van der Waals surface area contributed by atoms with E-state index in [1.54, 1.807) is 6.20 Å². The Labute approximate surface area is 116 Å². The predicted octanol–water partition coefficient (Wildman–Crippen LogP) is 2.34. The molecule has 0 aliphatic rings. The van der Waals surface area contributed by atoms with Crippen LogP contribution in [-0.2, 0) is 7.05 Å². The fraction of sp³-hybridized carbons (Fsp3) is 0.214. The second-order valence-corrected chi connectivity index (χ2v) is 4.83. The molecule has 0 bridgehead atoms. The Kier molecular flexibility index (Phi) is 2.78. The van der Waals surface area contributed by atoms with Gasteiger partial charge in [-0.3, -0.25) is 0 Å². The van der Waals surface area contributed by atoms with Crippen molar-refractivity contribution in [3.63, 3.8) is 0 Å². The molecule has 0 aliphatic carbocycles. The Bertz CT molecular complexity index is 772. The largest absolute Gasteiger partial charge is 0.398 e. The summed E-state index contributed by atoms with van der Waals surface area (Å²) in [4.78, 5) is 8.58. The van der Waals surface area contributed by atoms with Crippen molar-refractivity contribution in [3.05, 3.63) is 35.7 Å². The molecule has 0 saturated carbocycles. The number of aromatic nitrogens is 4. The molecule has 0 spiro atoms. The van der Waals surface area contributed by atoms with Crippen molar-refractivity contribution in [1.29, 1.82) is 0 Å². The Balaban J connectivity index is 2.09. The van der Waals surface area contributed by atoms with E-state index < -0.39 is 0 Å². The van der Waals surface area contributed by atoms with Gasteiger partial charge in [0.1, 0.15) is 0 Å². The lowest BCUT2D eigenvalue weighted by atomic mass is 10.0. The van der Waals surface area contributed by atoms with Crippen LogP contribution in [0.4, 0.5) is 5.69 Å². The van der Waals surface area contributed by atoms with Gasteiger partial charge in [-0.2, -0.15) is 4.98 Å². The molecule has 2 aromatic heterocycles. The highest BCUT2D eigenvalue weighted by atomic mass is 16.5. The fourth-order valence-electron chi connectivity index (χ4n) is 2.16. The van der Waals surface area contributed by atoms with E-state index in [-0.39, 0.29) is 0 Å². The van der Waals surface area contributed by atoms with Crippen LogP contribution in [0.3, 0.4) is 0 Å². The van der Waals surface area contributed by atoms with E-state index in [0.29, 0.717) is 23.2 Å². The number of hydrogen-bond acceptors (Lipinski definition) is 5. The van der Waals surface area contributed by atoms with Gasteiger partial charge < -0.3 is 14.8 Å². The van der Waals surface area contributed by atoms with Gasteiger partial charge in [0.25, 0.3) is 5.89 Å². The first-order chi connectivity index (χ1) is 9.56. The summed E-state index contributed by atoms with van der Waals surface area (Å²) in [5.41, 5.74) is 9.61. The average molecular weight is 269 g/mol. The molecule has 3 aromatic rings. The molecular weight excluding hydrogens is 254 g/mol. The third-order valence-electron chi connectivity index (χ3n) is 3.21. The highest BCUT2D eigenvalue weighted by Gasteiger charge is 2.16. The Hall–Kier alpha value is -2.63. The number of aryl methyl sites for hydroxylation is 3. The molecule has 2 N–H and O–H groups in total. The molecule has 20 heavy (non-hydrogen) atoms. The summed E-state index contributed by atoms with van der Waals surface area (Å²) < 4.78 is 7.16. The van der Waals surface area contributed by atoms with Gasteiger partial charge in [0.2, 0.25) is 5.82 Å². The van der Waals surface area contributed by atoms with Crippen molar-refractivity contribution in [2.75, 3.05) is 5.73 Å². The van der Waals surface area contributed by atoms with Gasteiger partial charge in [-0.1, -0.05) is 11.2 Å². The maximum atomic E-state index is 6.09. The molecule has 2 heterocycles. The fourth-order valence-corrected chi connectivity index (χ4v) is 2.16. The SMILES string of the molecule is Cc1cc(C)c(N)c(-c2nc(-c3nccn3C)no2)c1. The first-order valence-corrected chi connectivity index (χ1v) is 6.25. The molecule has 0 fully saturated rings. The van der Waals surface area contributed by atoms with Crippen molar-refractivity contribution in [1.82, 2.24) is 19.7 Å². The van der Waals surface area contributed by atoms with Crippen LogP contribution in [0.1, 0.15) is 11.1 Å². The lowest BCUT2D eigenvalue weighted by molar-refractivity contribution is 0.431. The lowest BCUT2D eigenvalue weighted by Gasteiger charge is -2.06. The summed E-state index contributed by atoms with van der Waals surface area (Å²) in [6, 6.07) is 3.97. The van der Waals surface area contributed by atoms with Gasteiger partial charge in [0.15, 0.2) is 5.82 Å². The van der Waals surface area contributed by atoms with Crippen molar-refractivity contribution in [3.8, 4) is 23.1 Å². The first kappa shape index (κ1) is 12.4. The van der Waals surface area contributed by atoms with Crippen LogP contribution in [0.15, 0.2) is 29.0 Å². The number of benzene rings is 1. The van der Waals surface area contributed by atoms with Crippen LogP contribution in [0.25, 0.3) is 23.1 Å². The van der Waals surface area contributed by atoms with Gasteiger partial charge in [-0.15, -0.1) is 0 Å². The average Bonchev–Trinajstić information content (AvgIpc) is 3.02. The summed E-state index contributed by atoms with van der Waals surface area (Å²) in [5, 5.41) is 3.97. The second kappa shape index (κ2) is 4.48. The van der Waals surface area contributed by atoms with Crippen LogP contribution in [0.5, 0.6) is 0 Å². The number of anilines is 1. The van der Waals surface area contributed by atoms with Gasteiger partial charge in [-0.25, -0.2) is 4.98 Å². The van der Waals surface area contributed by atoms with Gasteiger partial charge in [0, 0.05) is 25.1 Å². The van der Waals surface area contributed by atoms with Crippen molar-refractivity contribution >= 4 is 5.69 Å². The lowest BCUT2D eigenvalue weighted by Crippen LogP contribution is -1.96. The van der Waals surface area contributed by atoms with E-state index in [1.165, 1.54) is 0 Å². The number of nitrogens with two attached hydrogens (primary N) is 1. The molecule has 0 aliphatic heterocycles. The van der Waals surface area contributed by atoms with Gasteiger partial charge in [-0.05, 0) is 31.0 Å². The molecule has 0 saturated heterocycles. The molecular formula is C14H15N5O. The van der Waals surface area contributed by atoms with Crippen molar-refractivity contribution < 1.29 is 4.52 Å². The van der Waals surface area contributed by atoms with Gasteiger partial charge in [0.05, 0.1) is 5.56 Å². The molecule has 0 amide bonds. The quantitative estimate of drug-likeness (QED) is 0.722. The third kappa shape index (κ3) is 1.95. The van der Waals surface area contributed by atoms with E-state index in [4.69, 9.17) is 10.3 Å². The highest BCUT2D eigenvalue weighted by molar-refractivity contribution is 5.74. The smallest absolute Gasteiger partial charge is 0.260 e. The summed E-state index contributed by atoms with van der Waals surface area (Å²) in [5.74, 6) is 1.52. The van der Waals surface area contributed by atoms with Gasteiger partial charge >= 0.3 is 0 Å². The molecule has 6 nitrogen and oxygen atoms in total. The van der Waals surface area contributed by atoms with E-state index >= 15 is 0 Å². The molecule has 6 heteroatoms. The Morgan fingerprint density at radius 2 is 2.05 bits per heavy atom. The minimum atomic E-state index is 0.410. The topological polar surface area (TPSA) is 82.8 Å². The monoisotopic (exact) mass is 269 g/mol.